The van der Waals surface area contributed by atoms with E-state index in [1.165, 1.54) is 0 Å². The second-order valence-electron chi connectivity index (χ2n) is 1.24. The van der Waals surface area contributed by atoms with E-state index in [1.54, 1.807) is 0 Å². The fraction of sp³-hybridized carbons (Fsp3) is 0.500. The molecule has 1 atom stereocenters. The summed E-state index contributed by atoms with van der Waals surface area (Å²) < 4.78 is 0. The van der Waals surface area contributed by atoms with Gasteiger partial charge in [0.25, 0.3) is 0 Å². The first-order valence-electron chi connectivity index (χ1n) is 1.81. The number of hydrogen-bond donors (Lipinski definition) is 3. The molecule has 0 bridgehead atoms. The molecule has 0 aliphatic carbocycles. The third kappa shape index (κ3) is 2.68. The topological polar surface area (TPSA) is 40.5 Å². The normalized spacial score (nSPS) is 18.1. The molecule has 0 saturated carbocycles. The summed E-state index contributed by atoms with van der Waals surface area (Å²) in [5.41, 5.74) is 0. The Balaban J connectivity index is 3.58. The molecule has 0 spiro atoms. The SMILES string of the molecule is C=CC(O)(S)CO. The number of rotatable bonds is 2. The van der Waals surface area contributed by atoms with E-state index in [2.05, 4.69) is 19.2 Å². The van der Waals surface area contributed by atoms with Crippen LogP contribution in [0.4, 0.5) is 0 Å². The van der Waals surface area contributed by atoms with Crippen LogP contribution in [0.1, 0.15) is 0 Å². The summed E-state index contributed by atoms with van der Waals surface area (Å²) >= 11 is 3.57. The van der Waals surface area contributed by atoms with Crippen LogP contribution in [0.25, 0.3) is 0 Å². The zero-order valence-electron chi connectivity index (χ0n) is 3.83. The van der Waals surface area contributed by atoms with E-state index in [9.17, 15) is 0 Å². The number of hydrogen-bond acceptors (Lipinski definition) is 3. The van der Waals surface area contributed by atoms with Gasteiger partial charge in [-0.2, -0.15) is 0 Å². The lowest BCUT2D eigenvalue weighted by Crippen LogP contribution is -2.21. The molecule has 0 heterocycles. The Labute approximate surface area is 47.9 Å². The van der Waals surface area contributed by atoms with Crippen molar-refractivity contribution in [1.29, 1.82) is 0 Å². The van der Waals surface area contributed by atoms with Gasteiger partial charge < -0.3 is 10.2 Å². The Kier molecular flexibility index (Phi) is 2.35. The average molecular weight is 120 g/mol. The zero-order chi connectivity index (χ0) is 5.91. The summed E-state index contributed by atoms with van der Waals surface area (Å²) in [6.45, 7) is 2.81. The lowest BCUT2D eigenvalue weighted by atomic mass is 10.4. The molecule has 0 aromatic heterocycles. The van der Waals surface area contributed by atoms with Crippen LogP contribution in [0.3, 0.4) is 0 Å². The monoisotopic (exact) mass is 120 g/mol. The minimum absolute atomic E-state index is 0.403. The average Bonchev–Trinajstić information content (AvgIpc) is 1.68. The molecule has 0 radical (unpaired) electrons. The molecule has 2 nitrogen and oxygen atoms in total. The molecule has 7 heavy (non-hydrogen) atoms. The molecular formula is C4H8O2S. The van der Waals surface area contributed by atoms with Gasteiger partial charge in [-0.1, -0.05) is 6.58 Å². The van der Waals surface area contributed by atoms with Crippen molar-refractivity contribution in [3.05, 3.63) is 12.7 Å². The predicted octanol–water partition coefficient (Wildman–Crippen LogP) is -0.217. The highest BCUT2D eigenvalue weighted by Gasteiger charge is 2.12. The van der Waals surface area contributed by atoms with E-state index in [4.69, 9.17) is 10.2 Å². The Bertz CT molecular complexity index is 70.1. The molecule has 0 aromatic carbocycles. The van der Waals surface area contributed by atoms with Crippen molar-refractivity contribution in [1.82, 2.24) is 0 Å². The summed E-state index contributed by atoms with van der Waals surface area (Å²) in [5.74, 6) is 0. The van der Waals surface area contributed by atoms with Gasteiger partial charge in [-0.05, 0) is 6.08 Å². The predicted molar refractivity (Wildman–Crippen MR) is 31.2 cm³/mol. The van der Waals surface area contributed by atoms with Crippen molar-refractivity contribution in [2.45, 2.75) is 4.93 Å². The van der Waals surface area contributed by atoms with E-state index in [0.29, 0.717) is 0 Å². The summed E-state index contributed by atoms with van der Waals surface area (Å²) in [7, 11) is 0. The van der Waals surface area contributed by atoms with E-state index >= 15 is 0 Å². The van der Waals surface area contributed by atoms with E-state index in [1.807, 2.05) is 0 Å². The Morgan fingerprint density at radius 2 is 2.29 bits per heavy atom. The minimum Gasteiger partial charge on any atom is -0.392 e. The minimum atomic E-state index is -1.40. The maximum Gasteiger partial charge on any atom is 0.149 e. The van der Waals surface area contributed by atoms with Crippen molar-refractivity contribution < 1.29 is 10.2 Å². The highest BCUT2D eigenvalue weighted by Crippen LogP contribution is 2.07. The molecule has 0 aliphatic heterocycles. The van der Waals surface area contributed by atoms with Crippen molar-refractivity contribution in [3.63, 3.8) is 0 Å². The summed E-state index contributed by atoms with van der Waals surface area (Å²) in [6, 6.07) is 0. The molecule has 0 aliphatic rings. The third-order valence-electron chi connectivity index (χ3n) is 0.560. The lowest BCUT2D eigenvalue weighted by Gasteiger charge is -2.11. The summed E-state index contributed by atoms with van der Waals surface area (Å²) in [6.07, 6.45) is 1.16. The Hall–Kier alpha value is 0.01000. The first-order chi connectivity index (χ1) is 3.12. The molecule has 0 aromatic rings. The first-order valence-corrected chi connectivity index (χ1v) is 2.26. The maximum atomic E-state index is 8.63. The molecular weight excluding hydrogens is 112 g/mol. The van der Waals surface area contributed by atoms with Gasteiger partial charge >= 0.3 is 0 Å². The van der Waals surface area contributed by atoms with Crippen LogP contribution in [0, 0.1) is 0 Å². The van der Waals surface area contributed by atoms with Crippen LogP contribution in [0.15, 0.2) is 12.7 Å². The smallest absolute Gasteiger partial charge is 0.149 e. The van der Waals surface area contributed by atoms with Gasteiger partial charge in [0.15, 0.2) is 0 Å². The van der Waals surface area contributed by atoms with Gasteiger partial charge in [-0.3, -0.25) is 0 Å². The van der Waals surface area contributed by atoms with Crippen molar-refractivity contribution in [3.8, 4) is 0 Å². The standard InChI is InChI=1S/C4H8O2S/c1-2-4(6,7)3-5/h2,5-7H,1,3H2. The first kappa shape index (κ1) is 7.01. The number of aliphatic hydroxyl groups excluding tert-OH is 1. The molecule has 0 fully saturated rings. The van der Waals surface area contributed by atoms with Crippen LogP contribution >= 0.6 is 12.6 Å². The summed E-state index contributed by atoms with van der Waals surface area (Å²) in [5, 5.41) is 16.8. The van der Waals surface area contributed by atoms with E-state index in [-0.39, 0.29) is 0 Å². The fourth-order valence-corrected chi connectivity index (χ4v) is 0.0645. The van der Waals surface area contributed by atoms with Crippen LogP contribution in [0.2, 0.25) is 0 Å². The molecule has 3 heteroatoms. The second-order valence-corrected chi connectivity index (χ2v) is 2.02. The largest absolute Gasteiger partial charge is 0.392 e. The quantitative estimate of drug-likeness (QED) is 0.268. The molecule has 2 N–H and O–H groups in total. The second kappa shape index (κ2) is 2.35. The van der Waals surface area contributed by atoms with Crippen LogP contribution in [-0.4, -0.2) is 21.8 Å². The van der Waals surface area contributed by atoms with Crippen LogP contribution < -0.4 is 0 Å². The highest BCUT2D eigenvalue weighted by molar-refractivity contribution is 7.81. The van der Waals surface area contributed by atoms with Crippen molar-refractivity contribution in [2.75, 3.05) is 6.61 Å². The van der Waals surface area contributed by atoms with E-state index < -0.39 is 11.5 Å². The molecule has 0 amide bonds. The third-order valence-corrected chi connectivity index (χ3v) is 0.884. The van der Waals surface area contributed by atoms with Gasteiger partial charge in [-0.15, -0.1) is 12.6 Å². The number of aliphatic hydroxyl groups is 2. The van der Waals surface area contributed by atoms with E-state index in [0.717, 1.165) is 6.08 Å². The van der Waals surface area contributed by atoms with Crippen LogP contribution in [-0.2, 0) is 0 Å². The van der Waals surface area contributed by atoms with Gasteiger partial charge in [0.05, 0.1) is 6.61 Å². The van der Waals surface area contributed by atoms with Crippen molar-refractivity contribution in [2.24, 2.45) is 0 Å². The zero-order valence-corrected chi connectivity index (χ0v) is 4.73. The van der Waals surface area contributed by atoms with Gasteiger partial charge in [0.2, 0.25) is 0 Å². The molecule has 1 unspecified atom stereocenters. The van der Waals surface area contributed by atoms with Gasteiger partial charge in [0, 0.05) is 0 Å². The Morgan fingerprint density at radius 1 is 1.86 bits per heavy atom. The van der Waals surface area contributed by atoms with Gasteiger partial charge in [-0.25, -0.2) is 0 Å². The van der Waals surface area contributed by atoms with Crippen LogP contribution in [0.5, 0.6) is 0 Å². The molecule has 42 valence electrons. The maximum absolute atomic E-state index is 8.63. The summed E-state index contributed by atoms with van der Waals surface area (Å²) in [4.78, 5) is -1.40. The molecule has 0 saturated heterocycles. The fourth-order valence-electron chi connectivity index (χ4n) is 0.0645. The molecule has 0 rings (SSSR count). The van der Waals surface area contributed by atoms with Gasteiger partial charge in [0.1, 0.15) is 4.93 Å². The number of thiol groups is 1. The Morgan fingerprint density at radius 3 is 2.29 bits per heavy atom. The lowest BCUT2D eigenvalue weighted by molar-refractivity contribution is 0.105. The highest BCUT2D eigenvalue weighted by atomic mass is 32.1. The van der Waals surface area contributed by atoms with Crippen molar-refractivity contribution >= 4 is 12.6 Å².